The van der Waals surface area contributed by atoms with Crippen LogP contribution < -0.4 is 16.6 Å². The molecule has 212 valence electrons. The molecule has 1 atom stereocenters. The van der Waals surface area contributed by atoms with Gasteiger partial charge in [0.2, 0.25) is 0 Å². The van der Waals surface area contributed by atoms with Crippen molar-refractivity contribution >= 4 is 46.8 Å². The van der Waals surface area contributed by atoms with Gasteiger partial charge in [-0.05, 0) is 43.7 Å². The van der Waals surface area contributed by atoms with Crippen LogP contribution in [0.4, 0.5) is 11.6 Å². The summed E-state index contributed by atoms with van der Waals surface area (Å²) >= 11 is 0. The topological polar surface area (TPSA) is 138 Å². The van der Waals surface area contributed by atoms with E-state index in [1.165, 1.54) is 21.5 Å². The number of allylic oxidation sites excluding steroid dienone is 1. The van der Waals surface area contributed by atoms with E-state index in [4.69, 9.17) is 10.7 Å². The molecule has 1 amide bonds. The number of benzene rings is 2. The molecule has 3 heterocycles. The second-order valence-electron chi connectivity index (χ2n) is 9.73. The zero-order valence-electron chi connectivity index (χ0n) is 23.8. The third kappa shape index (κ3) is 5.15. The molecule has 11 heteroatoms. The van der Waals surface area contributed by atoms with Crippen molar-refractivity contribution in [1.29, 1.82) is 0 Å². The van der Waals surface area contributed by atoms with Crippen molar-refractivity contribution < 1.29 is 4.79 Å². The molecule has 1 unspecified atom stereocenters. The van der Waals surface area contributed by atoms with E-state index in [9.17, 15) is 9.59 Å². The number of imidazole rings is 1. The largest absolute Gasteiger partial charge is 0.381 e. The fourth-order valence-electron chi connectivity index (χ4n) is 4.74. The van der Waals surface area contributed by atoms with Gasteiger partial charge in [0.25, 0.3) is 11.5 Å². The van der Waals surface area contributed by atoms with Gasteiger partial charge in [0.1, 0.15) is 17.2 Å². The molecule has 0 saturated carbocycles. The number of hydrogen-bond donors (Lipinski definition) is 2. The first-order valence-corrected chi connectivity index (χ1v) is 13.3. The van der Waals surface area contributed by atoms with E-state index in [2.05, 4.69) is 27.0 Å². The van der Waals surface area contributed by atoms with Gasteiger partial charge in [0.05, 0.1) is 34.5 Å². The molecule has 11 nitrogen and oxygen atoms in total. The van der Waals surface area contributed by atoms with Crippen molar-refractivity contribution in [2.75, 3.05) is 5.73 Å². The lowest BCUT2D eigenvalue weighted by molar-refractivity contribution is 0.0939. The zero-order valence-corrected chi connectivity index (χ0v) is 23.8. The van der Waals surface area contributed by atoms with Gasteiger partial charge in [-0.2, -0.15) is 5.10 Å². The van der Waals surface area contributed by atoms with Gasteiger partial charge in [0, 0.05) is 20.3 Å². The Balaban J connectivity index is 1.62. The minimum Gasteiger partial charge on any atom is -0.381 e. The summed E-state index contributed by atoms with van der Waals surface area (Å²) in [7, 11) is 3.58. The molecule has 0 aliphatic heterocycles. The number of fused-ring (bicyclic) bond motifs is 1. The first-order valence-electron chi connectivity index (χ1n) is 13.3. The van der Waals surface area contributed by atoms with Crippen molar-refractivity contribution in [2.24, 2.45) is 19.1 Å². The van der Waals surface area contributed by atoms with Crippen LogP contribution in [-0.4, -0.2) is 41.0 Å². The van der Waals surface area contributed by atoms with E-state index in [-0.39, 0.29) is 22.8 Å². The first-order chi connectivity index (χ1) is 20.2. The minimum atomic E-state index is -0.692. The first kappa shape index (κ1) is 28.0. The molecule has 3 aromatic heterocycles. The molecule has 0 radical (unpaired) electrons. The number of aliphatic imine (C=N–C) groups is 1. The molecule has 0 spiro atoms. The maximum absolute atomic E-state index is 14.2. The van der Waals surface area contributed by atoms with Crippen LogP contribution in [-0.2, 0) is 14.1 Å². The van der Waals surface area contributed by atoms with Crippen LogP contribution in [0.25, 0.3) is 28.7 Å². The van der Waals surface area contributed by atoms with Gasteiger partial charge in [-0.15, -0.1) is 0 Å². The second-order valence-corrected chi connectivity index (χ2v) is 9.73. The van der Waals surface area contributed by atoms with Crippen molar-refractivity contribution in [3.8, 4) is 5.69 Å². The molecule has 3 N–H and O–H groups in total. The second kappa shape index (κ2) is 11.5. The molecule has 0 bridgehead atoms. The molecular formula is C31H31N9O2. The van der Waals surface area contributed by atoms with Gasteiger partial charge in [-0.25, -0.2) is 19.6 Å². The number of anilines is 1. The van der Waals surface area contributed by atoms with Gasteiger partial charge >= 0.3 is 0 Å². The fourth-order valence-corrected chi connectivity index (χ4v) is 4.74. The maximum atomic E-state index is 14.2. The average molecular weight is 562 g/mol. The SMILES string of the molecule is C=C/C=N\c1c(C(=O)NC(C)c2nc3cccc(/C=C/c4cnc(C)n4C)c3c(=O)n2-c2ccccc2)c(N)nn1C. The average Bonchev–Trinajstić information content (AvgIpc) is 3.45. The van der Waals surface area contributed by atoms with Crippen molar-refractivity contribution in [3.63, 3.8) is 0 Å². The normalized spacial score (nSPS) is 12.4. The minimum absolute atomic E-state index is 0.0328. The van der Waals surface area contributed by atoms with E-state index in [0.29, 0.717) is 28.0 Å². The van der Waals surface area contributed by atoms with Crippen molar-refractivity contribution in [3.05, 3.63) is 106 Å². The molecule has 0 aliphatic carbocycles. The van der Waals surface area contributed by atoms with Gasteiger partial charge in [0.15, 0.2) is 11.6 Å². The number of amides is 1. The molecular weight excluding hydrogens is 530 g/mol. The van der Waals surface area contributed by atoms with E-state index >= 15 is 0 Å². The van der Waals surface area contributed by atoms with E-state index in [1.807, 2.05) is 73.2 Å². The Kier molecular flexibility index (Phi) is 7.65. The van der Waals surface area contributed by atoms with Crippen LogP contribution in [0, 0.1) is 6.92 Å². The third-order valence-electron chi connectivity index (χ3n) is 6.97. The quantitative estimate of drug-likeness (QED) is 0.271. The highest BCUT2D eigenvalue weighted by Gasteiger charge is 2.25. The van der Waals surface area contributed by atoms with Crippen LogP contribution in [0.5, 0.6) is 0 Å². The maximum Gasteiger partial charge on any atom is 0.266 e. The van der Waals surface area contributed by atoms with Crippen molar-refractivity contribution in [1.82, 2.24) is 34.2 Å². The number of para-hydroxylation sites is 1. The summed E-state index contributed by atoms with van der Waals surface area (Å²) in [5.74, 6) is 1.05. The summed E-state index contributed by atoms with van der Waals surface area (Å²) in [6.45, 7) is 7.32. The summed E-state index contributed by atoms with van der Waals surface area (Å²) in [5, 5.41) is 7.54. The lowest BCUT2D eigenvalue weighted by Crippen LogP contribution is -2.33. The van der Waals surface area contributed by atoms with E-state index in [0.717, 1.165) is 11.5 Å². The summed E-state index contributed by atoms with van der Waals surface area (Å²) in [4.78, 5) is 41.2. The highest BCUT2D eigenvalue weighted by molar-refractivity contribution is 6.03. The highest BCUT2D eigenvalue weighted by atomic mass is 16.2. The summed E-state index contributed by atoms with van der Waals surface area (Å²) in [6, 6.07) is 14.0. The number of nitrogens with one attached hydrogen (secondary N) is 1. The Morgan fingerprint density at radius 1 is 1.12 bits per heavy atom. The van der Waals surface area contributed by atoms with Gasteiger partial charge in [-0.3, -0.25) is 14.2 Å². The van der Waals surface area contributed by atoms with Gasteiger partial charge in [-0.1, -0.05) is 49.1 Å². The Morgan fingerprint density at radius 2 is 1.88 bits per heavy atom. The van der Waals surface area contributed by atoms with Crippen LogP contribution >= 0.6 is 0 Å². The predicted molar refractivity (Wildman–Crippen MR) is 166 cm³/mol. The van der Waals surface area contributed by atoms with Crippen LogP contribution in [0.15, 0.2) is 77.2 Å². The number of nitrogens with two attached hydrogens (primary N) is 1. The molecule has 0 fully saturated rings. The molecule has 5 rings (SSSR count). The molecule has 0 aliphatic rings. The molecule has 5 aromatic rings. The Bertz CT molecular complexity index is 1930. The number of nitrogens with zero attached hydrogens (tertiary/aromatic N) is 7. The molecule has 0 saturated heterocycles. The molecule has 42 heavy (non-hydrogen) atoms. The predicted octanol–water partition coefficient (Wildman–Crippen LogP) is 4.29. The van der Waals surface area contributed by atoms with Crippen LogP contribution in [0.2, 0.25) is 0 Å². The Hall–Kier alpha value is -5.58. The summed E-state index contributed by atoms with van der Waals surface area (Å²) < 4.78 is 4.92. The summed E-state index contributed by atoms with van der Waals surface area (Å²) in [5.41, 5.74) is 8.66. The number of carbonyl (C=O) groups excluding carboxylic acids is 1. The monoisotopic (exact) mass is 561 g/mol. The fraction of sp³-hybridized carbons (Fsp3) is 0.161. The number of carbonyl (C=O) groups is 1. The number of rotatable bonds is 8. The Labute approximate surface area is 242 Å². The smallest absolute Gasteiger partial charge is 0.266 e. The highest BCUT2D eigenvalue weighted by Crippen LogP contribution is 2.26. The Morgan fingerprint density at radius 3 is 2.57 bits per heavy atom. The number of hydrogen-bond acceptors (Lipinski definition) is 7. The number of aromatic nitrogens is 6. The number of aryl methyl sites for hydroxylation is 2. The van der Waals surface area contributed by atoms with Crippen LogP contribution in [0.3, 0.4) is 0 Å². The van der Waals surface area contributed by atoms with Gasteiger partial charge < -0.3 is 15.6 Å². The van der Waals surface area contributed by atoms with E-state index in [1.54, 1.807) is 26.2 Å². The molecule has 2 aromatic carbocycles. The summed E-state index contributed by atoms with van der Waals surface area (Å²) in [6.07, 6.45) is 8.53. The number of nitrogen functional groups attached to an aromatic ring is 1. The third-order valence-corrected chi connectivity index (χ3v) is 6.97. The van der Waals surface area contributed by atoms with Crippen LogP contribution in [0.1, 0.15) is 46.2 Å². The zero-order chi connectivity index (χ0) is 30.0. The lowest BCUT2D eigenvalue weighted by atomic mass is 10.1. The van der Waals surface area contributed by atoms with Crippen molar-refractivity contribution in [2.45, 2.75) is 19.9 Å². The lowest BCUT2D eigenvalue weighted by Gasteiger charge is -2.20. The van der Waals surface area contributed by atoms with E-state index < -0.39 is 11.9 Å². The standard InChI is InChI=1S/C31H31N9O2/c1-6-17-33-29-26(27(32)37-39(29)5)30(41)35-19(2)28-36-24-14-10-11-21(15-16-23-18-34-20(3)38(23)4)25(24)31(42)40(28)22-12-8-7-9-13-22/h6-19H,1H2,2-5H3,(H2,32,37)(H,35,41)/b16-15+,33-17-.